The fourth-order valence-electron chi connectivity index (χ4n) is 0.642. The lowest BCUT2D eigenvalue weighted by atomic mass is 10.2. The third-order valence-corrected chi connectivity index (χ3v) is 1.64. The van der Waals surface area contributed by atoms with Crippen LogP contribution in [-0.2, 0) is 4.74 Å². The van der Waals surface area contributed by atoms with E-state index in [0.717, 1.165) is 0 Å². The van der Waals surface area contributed by atoms with Crippen LogP contribution in [0.4, 0.5) is 22.0 Å². The molecule has 0 rings (SSSR count). The van der Waals surface area contributed by atoms with Crippen LogP contribution in [0, 0.1) is 0 Å². The van der Waals surface area contributed by atoms with Crippen LogP contribution in [-0.4, -0.2) is 23.9 Å². The highest BCUT2D eigenvalue weighted by molar-refractivity contribution is 7.80. The Kier molecular flexibility index (Phi) is 5.15. The van der Waals surface area contributed by atoms with E-state index in [2.05, 4.69) is 17.0 Å². The average molecular weight is 252 g/mol. The minimum atomic E-state index is -5.53. The van der Waals surface area contributed by atoms with Crippen molar-refractivity contribution in [3.63, 3.8) is 0 Å². The fourth-order valence-corrected chi connectivity index (χ4v) is 0.726. The maximum Gasteiger partial charge on any atom is 0.453 e. The number of hydrogen-bond donors (Lipinski definition) is 2. The van der Waals surface area contributed by atoms with Crippen molar-refractivity contribution in [2.24, 2.45) is 5.84 Å². The number of nitrogens with two attached hydrogens (primary N) is 1. The van der Waals surface area contributed by atoms with Crippen molar-refractivity contribution in [1.29, 1.82) is 0 Å². The van der Waals surface area contributed by atoms with Crippen LogP contribution in [0.2, 0.25) is 0 Å². The number of hydrogen-bond acceptors (Lipinski definition) is 3. The van der Waals surface area contributed by atoms with Crippen molar-refractivity contribution in [3.8, 4) is 0 Å². The first-order valence-corrected chi connectivity index (χ1v) is 4.19. The quantitative estimate of drug-likeness (QED) is 0.263. The first kappa shape index (κ1) is 14.3. The minimum absolute atomic E-state index is 0.259. The summed E-state index contributed by atoms with van der Waals surface area (Å²) in [5, 5.41) is -0.259. The van der Waals surface area contributed by atoms with Crippen molar-refractivity contribution in [2.75, 3.05) is 6.61 Å². The molecule has 90 valence electrons. The Morgan fingerprint density at radius 3 is 2.20 bits per heavy atom. The van der Waals surface area contributed by atoms with Crippen molar-refractivity contribution in [3.05, 3.63) is 0 Å². The number of nitrogens with one attached hydrogen (secondary N) is 1. The van der Waals surface area contributed by atoms with Crippen LogP contribution in [0.25, 0.3) is 0 Å². The Labute approximate surface area is 87.7 Å². The van der Waals surface area contributed by atoms with E-state index in [1.54, 1.807) is 0 Å². The van der Waals surface area contributed by atoms with Crippen molar-refractivity contribution >= 4 is 17.4 Å². The molecule has 0 aliphatic carbocycles. The van der Waals surface area contributed by atoms with E-state index in [9.17, 15) is 22.0 Å². The fraction of sp³-hybridized carbons (Fsp3) is 0.833. The molecular weight excluding hydrogens is 243 g/mol. The largest absolute Gasteiger partial charge is 0.470 e. The average Bonchev–Trinajstić information content (AvgIpc) is 2.10. The Morgan fingerprint density at radius 1 is 1.27 bits per heavy atom. The van der Waals surface area contributed by atoms with Gasteiger partial charge in [-0.2, -0.15) is 22.0 Å². The summed E-state index contributed by atoms with van der Waals surface area (Å²) in [7, 11) is 0. The summed E-state index contributed by atoms with van der Waals surface area (Å²) in [6.07, 6.45) is -7.35. The van der Waals surface area contributed by atoms with Crippen molar-refractivity contribution in [2.45, 2.75) is 24.9 Å². The molecule has 3 N–H and O–H groups in total. The molecule has 0 saturated carbocycles. The van der Waals surface area contributed by atoms with E-state index in [1.165, 1.54) is 0 Å². The standard InChI is InChI=1S/C6H9F5N2OS/c7-5(8,6(9,10)11)2-1-3-14-4(15)13-12/h1-3,12H2,(H,13,15). The topological polar surface area (TPSA) is 47.3 Å². The Bertz CT molecular complexity index is 220. The number of halogens is 5. The van der Waals surface area contributed by atoms with Gasteiger partial charge in [0.05, 0.1) is 6.61 Å². The monoisotopic (exact) mass is 252 g/mol. The van der Waals surface area contributed by atoms with E-state index in [4.69, 9.17) is 5.84 Å². The molecule has 0 aromatic rings. The highest BCUT2D eigenvalue weighted by Crippen LogP contribution is 2.38. The predicted octanol–water partition coefficient (Wildman–Crippen LogP) is 1.73. The summed E-state index contributed by atoms with van der Waals surface area (Å²) in [4.78, 5) is 0. The third-order valence-electron chi connectivity index (χ3n) is 1.40. The third kappa shape index (κ3) is 5.07. The van der Waals surface area contributed by atoms with Crippen molar-refractivity contribution < 1.29 is 26.7 Å². The number of thiocarbonyl (C=S) groups is 1. The van der Waals surface area contributed by atoms with Gasteiger partial charge in [-0.05, 0) is 18.6 Å². The van der Waals surface area contributed by atoms with Gasteiger partial charge in [-0.1, -0.05) is 0 Å². The first-order valence-electron chi connectivity index (χ1n) is 3.78. The summed E-state index contributed by atoms with van der Waals surface area (Å²) in [6, 6.07) is 0. The second-order valence-corrected chi connectivity index (χ2v) is 2.96. The molecule has 0 aromatic heterocycles. The molecule has 0 bridgehead atoms. The van der Waals surface area contributed by atoms with Gasteiger partial charge in [-0.3, -0.25) is 5.43 Å². The highest BCUT2D eigenvalue weighted by atomic mass is 32.1. The normalized spacial score (nSPS) is 12.4. The summed E-state index contributed by atoms with van der Waals surface area (Å²) < 4.78 is 64.0. The maximum absolute atomic E-state index is 12.3. The van der Waals surface area contributed by atoms with Crippen LogP contribution in [0.1, 0.15) is 12.8 Å². The SMILES string of the molecule is NNC(=S)OCCCC(F)(F)C(F)(F)F. The molecule has 15 heavy (non-hydrogen) atoms. The van der Waals surface area contributed by atoms with Crippen molar-refractivity contribution in [1.82, 2.24) is 5.43 Å². The molecule has 0 aliphatic heterocycles. The van der Waals surface area contributed by atoms with Gasteiger partial charge in [0.1, 0.15) is 0 Å². The van der Waals surface area contributed by atoms with Gasteiger partial charge in [0.2, 0.25) is 0 Å². The number of rotatable bonds is 4. The molecule has 0 aliphatic rings. The van der Waals surface area contributed by atoms with E-state index < -0.39 is 24.9 Å². The number of hydrazine groups is 1. The summed E-state index contributed by atoms with van der Waals surface area (Å²) in [5.74, 6) is 0.0647. The lowest BCUT2D eigenvalue weighted by Crippen LogP contribution is -2.36. The van der Waals surface area contributed by atoms with Crippen LogP contribution in [0.3, 0.4) is 0 Å². The van der Waals surface area contributed by atoms with E-state index in [-0.39, 0.29) is 11.8 Å². The van der Waals surface area contributed by atoms with Crippen LogP contribution in [0.5, 0.6) is 0 Å². The molecule has 0 spiro atoms. The van der Waals surface area contributed by atoms with Crippen LogP contribution < -0.4 is 11.3 Å². The molecule has 0 amide bonds. The Hall–Kier alpha value is -0.700. The maximum atomic E-state index is 12.3. The van der Waals surface area contributed by atoms with Gasteiger partial charge < -0.3 is 4.74 Å². The lowest BCUT2D eigenvalue weighted by Gasteiger charge is -2.19. The molecule has 0 atom stereocenters. The van der Waals surface area contributed by atoms with Crippen LogP contribution in [0.15, 0.2) is 0 Å². The number of alkyl halides is 5. The van der Waals surface area contributed by atoms with Gasteiger partial charge in [0, 0.05) is 6.42 Å². The molecule has 3 nitrogen and oxygen atoms in total. The highest BCUT2D eigenvalue weighted by Gasteiger charge is 2.56. The van der Waals surface area contributed by atoms with E-state index >= 15 is 0 Å². The van der Waals surface area contributed by atoms with Gasteiger partial charge in [0.25, 0.3) is 5.17 Å². The summed E-state index contributed by atoms with van der Waals surface area (Å²) >= 11 is 4.37. The minimum Gasteiger partial charge on any atom is -0.470 e. The zero-order valence-electron chi connectivity index (χ0n) is 7.40. The second kappa shape index (κ2) is 5.40. The summed E-state index contributed by atoms with van der Waals surface area (Å²) in [6.45, 7) is -0.352. The first-order chi connectivity index (χ1) is 6.70. The molecule has 0 unspecified atom stereocenters. The predicted molar refractivity (Wildman–Crippen MR) is 46.1 cm³/mol. The molecule has 0 fully saturated rings. The van der Waals surface area contributed by atoms with E-state index in [1.807, 2.05) is 5.43 Å². The molecule has 0 saturated heterocycles. The zero-order valence-corrected chi connectivity index (χ0v) is 8.22. The molecule has 0 heterocycles. The zero-order chi connectivity index (χ0) is 12.1. The van der Waals surface area contributed by atoms with Gasteiger partial charge in [-0.25, -0.2) is 5.84 Å². The lowest BCUT2D eigenvalue weighted by molar-refractivity contribution is -0.284. The molecule has 0 aromatic carbocycles. The second-order valence-electron chi connectivity index (χ2n) is 2.59. The Morgan fingerprint density at radius 2 is 1.80 bits per heavy atom. The van der Waals surface area contributed by atoms with Gasteiger partial charge in [-0.15, -0.1) is 0 Å². The van der Waals surface area contributed by atoms with E-state index in [0.29, 0.717) is 0 Å². The smallest absolute Gasteiger partial charge is 0.453 e. The van der Waals surface area contributed by atoms with Crippen LogP contribution >= 0.6 is 12.2 Å². The molecular formula is C6H9F5N2OS. The van der Waals surface area contributed by atoms with Gasteiger partial charge >= 0.3 is 12.1 Å². The number of ether oxygens (including phenoxy) is 1. The summed E-state index contributed by atoms with van der Waals surface area (Å²) in [5.41, 5.74) is 1.89. The molecule has 9 heteroatoms. The van der Waals surface area contributed by atoms with Gasteiger partial charge in [0.15, 0.2) is 0 Å². The molecule has 0 radical (unpaired) electrons. The Balaban J connectivity index is 3.82.